The minimum atomic E-state index is -1.18. The molecule has 0 aliphatic carbocycles. The Bertz CT molecular complexity index is 377. The number of hydrogen-bond acceptors (Lipinski definition) is 5. The van der Waals surface area contributed by atoms with Crippen LogP contribution in [0.5, 0.6) is 0 Å². The van der Waals surface area contributed by atoms with Crippen molar-refractivity contribution in [2.45, 2.75) is 57.7 Å². The lowest BCUT2D eigenvalue weighted by Gasteiger charge is -2.22. The summed E-state index contributed by atoms with van der Waals surface area (Å²) in [5, 5.41) is 22.8. The molecule has 2 atom stereocenters. The smallest absolute Gasteiger partial charge is 0.408 e. The predicted molar refractivity (Wildman–Crippen MR) is 75.1 cm³/mol. The molecule has 0 spiro atoms. The van der Waals surface area contributed by atoms with Gasteiger partial charge in [0.05, 0.1) is 0 Å². The highest BCUT2D eigenvalue weighted by molar-refractivity contribution is 5.80. The lowest BCUT2D eigenvalue weighted by Crippen LogP contribution is -2.43. The summed E-state index contributed by atoms with van der Waals surface area (Å²) < 4.78 is 4.99. The Kier molecular flexibility index (Phi) is 7.72. The van der Waals surface area contributed by atoms with E-state index in [1.807, 2.05) is 0 Å². The van der Waals surface area contributed by atoms with Crippen LogP contribution < -0.4 is 10.6 Å². The summed E-state index contributed by atoms with van der Waals surface area (Å²) in [5.74, 6) is -2.18. The summed E-state index contributed by atoms with van der Waals surface area (Å²) in [6, 6.07) is -1.84. The maximum Gasteiger partial charge on any atom is 0.408 e. The molecule has 1 amide bonds. The van der Waals surface area contributed by atoms with Crippen molar-refractivity contribution < 1.29 is 29.3 Å². The number of alkyl carbamates (subject to hydrolysis) is 1. The molecule has 0 aromatic heterocycles. The highest BCUT2D eigenvalue weighted by Gasteiger charge is 2.24. The molecule has 4 N–H and O–H groups in total. The Balaban J connectivity index is 4.35. The summed E-state index contributed by atoms with van der Waals surface area (Å²) in [7, 11) is 1.52. The molecule has 8 nitrogen and oxygen atoms in total. The van der Waals surface area contributed by atoms with Crippen LogP contribution in [-0.4, -0.2) is 53.0 Å². The number of nitrogens with one attached hydrogen (secondary N) is 2. The predicted octanol–water partition coefficient (Wildman–Crippen LogP) is 0.807. The topological polar surface area (TPSA) is 125 Å². The Morgan fingerprint density at radius 1 is 1.05 bits per heavy atom. The normalized spacial score (nSPS) is 14.1. The average molecular weight is 304 g/mol. The fraction of sp³-hybridized carbons (Fsp3) is 0.769. The zero-order valence-corrected chi connectivity index (χ0v) is 12.8. The standard InChI is InChI=1S/C13H24N2O6/c1-13(2,3)21-12(20)15-9(11(18)19)7-5-6-8(14-4)10(16)17/h8-9,14H,5-7H2,1-4H3,(H,15,20)(H,16,17)(H,18,19). The van der Waals surface area contributed by atoms with Crippen LogP contribution in [0.3, 0.4) is 0 Å². The highest BCUT2D eigenvalue weighted by atomic mass is 16.6. The van der Waals surface area contributed by atoms with E-state index in [9.17, 15) is 14.4 Å². The van der Waals surface area contributed by atoms with Crippen LogP contribution in [0.2, 0.25) is 0 Å². The van der Waals surface area contributed by atoms with Gasteiger partial charge >= 0.3 is 18.0 Å². The average Bonchev–Trinajstić information content (AvgIpc) is 2.29. The number of ether oxygens (including phenoxy) is 1. The fourth-order valence-corrected chi connectivity index (χ4v) is 1.62. The molecule has 122 valence electrons. The van der Waals surface area contributed by atoms with Crippen molar-refractivity contribution >= 4 is 18.0 Å². The van der Waals surface area contributed by atoms with Crippen molar-refractivity contribution in [1.82, 2.24) is 10.6 Å². The van der Waals surface area contributed by atoms with Gasteiger partial charge in [-0.25, -0.2) is 9.59 Å². The fourth-order valence-electron chi connectivity index (χ4n) is 1.62. The third-order valence-corrected chi connectivity index (χ3v) is 2.62. The lowest BCUT2D eigenvalue weighted by molar-refractivity contribution is -0.139. The summed E-state index contributed by atoms with van der Waals surface area (Å²) >= 11 is 0. The molecule has 0 heterocycles. The molecule has 0 aromatic carbocycles. The van der Waals surface area contributed by atoms with Crippen LogP contribution in [0, 0.1) is 0 Å². The summed E-state index contributed by atoms with van der Waals surface area (Å²) in [6.45, 7) is 5.02. The molecule has 2 unspecified atom stereocenters. The Hall–Kier alpha value is -1.83. The monoisotopic (exact) mass is 304 g/mol. The third kappa shape index (κ3) is 8.85. The van der Waals surface area contributed by atoms with Crippen LogP contribution in [-0.2, 0) is 14.3 Å². The van der Waals surface area contributed by atoms with Crippen molar-refractivity contribution in [3.8, 4) is 0 Å². The van der Waals surface area contributed by atoms with E-state index >= 15 is 0 Å². The Labute approximate surface area is 123 Å². The van der Waals surface area contributed by atoms with Crippen LogP contribution >= 0.6 is 0 Å². The highest BCUT2D eigenvalue weighted by Crippen LogP contribution is 2.09. The first-order chi connectivity index (χ1) is 9.56. The van der Waals surface area contributed by atoms with Crippen LogP contribution in [0.4, 0.5) is 4.79 Å². The number of carbonyl (C=O) groups excluding carboxylic acids is 1. The maximum atomic E-state index is 11.5. The van der Waals surface area contributed by atoms with Crippen molar-refractivity contribution in [2.75, 3.05) is 7.05 Å². The van der Waals surface area contributed by atoms with Gasteiger partial charge in [-0.1, -0.05) is 0 Å². The Morgan fingerprint density at radius 2 is 1.52 bits per heavy atom. The number of rotatable bonds is 8. The van der Waals surface area contributed by atoms with Gasteiger partial charge in [0.1, 0.15) is 17.7 Å². The number of amides is 1. The van der Waals surface area contributed by atoms with Gasteiger partial charge in [0.15, 0.2) is 0 Å². The molecule has 0 aliphatic rings. The molecule has 0 saturated carbocycles. The molecule has 0 aromatic rings. The van der Waals surface area contributed by atoms with E-state index in [1.54, 1.807) is 20.8 Å². The Morgan fingerprint density at radius 3 is 1.90 bits per heavy atom. The second-order valence-corrected chi connectivity index (χ2v) is 5.65. The van der Waals surface area contributed by atoms with Crippen molar-refractivity contribution in [1.29, 1.82) is 0 Å². The number of carboxylic acids is 2. The SMILES string of the molecule is CNC(CCCC(NC(=O)OC(C)(C)C)C(=O)O)C(=O)O. The second kappa shape index (κ2) is 8.46. The summed E-state index contributed by atoms with van der Waals surface area (Å²) in [6.07, 6.45) is -0.0748. The summed E-state index contributed by atoms with van der Waals surface area (Å²) in [5.41, 5.74) is -0.715. The number of carboxylic acid groups (broad SMARTS) is 2. The number of aliphatic carboxylic acids is 2. The first kappa shape index (κ1) is 19.2. The van der Waals surface area contributed by atoms with Gasteiger partial charge < -0.3 is 25.6 Å². The zero-order chi connectivity index (χ0) is 16.6. The maximum absolute atomic E-state index is 11.5. The molecule has 21 heavy (non-hydrogen) atoms. The van der Waals surface area contributed by atoms with Crippen molar-refractivity contribution in [2.24, 2.45) is 0 Å². The molecular weight excluding hydrogens is 280 g/mol. The van der Waals surface area contributed by atoms with Gasteiger partial charge in [0.25, 0.3) is 0 Å². The molecule has 0 fully saturated rings. The van der Waals surface area contributed by atoms with E-state index in [1.165, 1.54) is 7.05 Å². The van der Waals surface area contributed by atoms with Crippen LogP contribution in [0.15, 0.2) is 0 Å². The molecule has 8 heteroatoms. The van der Waals surface area contributed by atoms with Gasteiger partial charge in [-0.2, -0.15) is 0 Å². The molecule has 0 bridgehead atoms. The van der Waals surface area contributed by atoms with E-state index in [-0.39, 0.29) is 12.8 Å². The number of carbonyl (C=O) groups is 3. The minimum absolute atomic E-state index is 0.125. The lowest BCUT2D eigenvalue weighted by atomic mass is 10.1. The number of likely N-dealkylation sites (N-methyl/N-ethyl adjacent to an activating group) is 1. The first-order valence-corrected chi connectivity index (χ1v) is 6.69. The molecule has 0 rings (SSSR count). The first-order valence-electron chi connectivity index (χ1n) is 6.69. The zero-order valence-electron chi connectivity index (χ0n) is 12.8. The second-order valence-electron chi connectivity index (χ2n) is 5.65. The van der Waals surface area contributed by atoms with Gasteiger partial charge in [0, 0.05) is 0 Å². The van der Waals surface area contributed by atoms with Gasteiger partial charge in [0.2, 0.25) is 0 Å². The molecule has 0 radical (unpaired) electrons. The van der Waals surface area contributed by atoms with Crippen LogP contribution in [0.25, 0.3) is 0 Å². The van der Waals surface area contributed by atoms with E-state index < -0.39 is 35.7 Å². The summed E-state index contributed by atoms with van der Waals surface area (Å²) in [4.78, 5) is 33.4. The van der Waals surface area contributed by atoms with E-state index in [0.29, 0.717) is 6.42 Å². The van der Waals surface area contributed by atoms with Gasteiger partial charge in [-0.05, 0) is 47.1 Å². The van der Waals surface area contributed by atoms with E-state index in [0.717, 1.165) is 0 Å². The molecular formula is C13H24N2O6. The molecule has 0 aliphatic heterocycles. The van der Waals surface area contributed by atoms with Crippen LogP contribution in [0.1, 0.15) is 40.0 Å². The number of hydrogen-bond donors (Lipinski definition) is 4. The minimum Gasteiger partial charge on any atom is -0.480 e. The van der Waals surface area contributed by atoms with Crippen molar-refractivity contribution in [3.05, 3.63) is 0 Å². The van der Waals surface area contributed by atoms with Crippen molar-refractivity contribution in [3.63, 3.8) is 0 Å². The third-order valence-electron chi connectivity index (χ3n) is 2.62. The largest absolute Gasteiger partial charge is 0.480 e. The van der Waals surface area contributed by atoms with E-state index in [4.69, 9.17) is 14.9 Å². The van der Waals surface area contributed by atoms with E-state index in [2.05, 4.69) is 10.6 Å². The quantitative estimate of drug-likeness (QED) is 0.523. The van der Waals surface area contributed by atoms with Gasteiger partial charge in [-0.15, -0.1) is 0 Å². The molecule has 0 saturated heterocycles. The van der Waals surface area contributed by atoms with Gasteiger partial charge in [-0.3, -0.25) is 4.79 Å².